The molecule has 1 aliphatic rings. The molecule has 12 heavy (non-hydrogen) atoms. The van der Waals surface area contributed by atoms with Crippen LogP contribution in [-0.2, 0) is 0 Å². The van der Waals surface area contributed by atoms with Crippen molar-refractivity contribution in [2.75, 3.05) is 6.61 Å². The number of benzene rings is 1. The quantitative estimate of drug-likeness (QED) is 0.731. The monoisotopic (exact) mass is 163 g/mol. The highest BCUT2D eigenvalue weighted by Crippen LogP contribution is 2.28. The first-order valence-electron chi connectivity index (χ1n) is 4.29. The van der Waals surface area contributed by atoms with E-state index in [1.165, 1.54) is 0 Å². The second-order valence-electron chi connectivity index (χ2n) is 3.28. The molecule has 0 unspecified atom stereocenters. The van der Waals surface area contributed by atoms with Crippen LogP contribution >= 0.6 is 0 Å². The van der Waals surface area contributed by atoms with E-state index in [1.807, 2.05) is 30.3 Å². The van der Waals surface area contributed by atoms with Gasteiger partial charge in [0.2, 0.25) is 0 Å². The molecule has 2 nitrogen and oxygen atoms in total. The number of nitrogens with two attached hydrogens (primary N) is 1. The summed E-state index contributed by atoms with van der Waals surface area (Å²) in [6.45, 7) is 0.769. The van der Waals surface area contributed by atoms with Crippen LogP contribution in [0.25, 0.3) is 0 Å². The van der Waals surface area contributed by atoms with Crippen LogP contribution in [0.15, 0.2) is 30.3 Å². The summed E-state index contributed by atoms with van der Waals surface area (Å²) in [5.41, 5.74) is 5.65. The Morgan fingerprint density at radius 2 is 2.00 bits per heavy atom. The van der Waals surface area contributed by atoms with Crippen molar-refractivity contribution in [1.29, 1.82) is 0 Å². The molecular formula is C10H13NO. The number of para-hydroxylation sites is 1. The Bertz CT molecular complexity index is 247. The molecule has 2 N–H and O–H groups in total. The van der Waals surface area contributed by atoms with Gasteiger partial charge in [0.05, 0.1) is 6.61 Å². The third kappa shape index (κ3) is 1.77. The van der Waals surface area contributed by atoms with Crippen molar-refractivity contribution >= 4 is 0 Å². The molecule has 0 radical (unpaired) electrons. The predicted molar refractivity (Wildman–Crippen MR) is 48.0 cm³/mol. The summed E-state index contributed by atoms with van der Waals surface area (Å²) in [4.78, 5) is 0. The van der Waals surface area contributed by atoms with Crippen LogP contribution in [0.3, 0.4) is 0 Å². The lowest BCUT2D eigenvalue weighted by molar-refractivity contribution is 0.297. The minimum absolute atomic E-state index is 0.383. The Morgan fingerprint density at radius 1 is 1.33 bits per heavy atom. The maximum Gasteiger partial charge on any atom is 0.119 e. The van der Waals surface area contributed by atoms with E-state index in [-0.39, 0.29) is 0 Å². The third-order valence-electron chi connectivity index (χ3n) is 2.18. The van der Waals surface area contributed by atoms with Gasteiger partial charge in [-0.05, 0) is 18.6 Å². The summed E-state index contributed by atoms with van der Waals surface area (Å²) in [5.74, 6) is 1.53. The predicted octanol–water partition coefficient (Wildman–Crippen LogP) is 1.41. The first-order valence-corrected chi connectivity index (χ1v) is 4.29. The fraction of sp³-hybridized carbons (Fsp3) is 0.400. The molecular weight excluding hydrogens is 150 g/mol. The zero-order valence-electron chi connectivity index (χ0n) is 6.94. The molecule has 2 atom stereocenters. The number of hydrogen-bond acceptors (Lipinski definition) is 2. The van der Waals surface area contributed by atoms with E-state index in [0.717, 1.165) is 18.8 Å². The van der Waals surface area contributed by atoms with Crippen molar-refractivity contribution in [2.24, 2.45) is 11.7 Å². The van der Waals surface area contributed by atoms with Gasteiger partial charge in [0.15, 0.2) is 0 Å². The second-order valence-corrected chi connectivity index (χ2v) is 3.28. The first-order chi connectivity index (χ1) is 5.86. The maximum absolute atomic E-state index is 5.65. The van der Waals surface area contributed by atoms with Crippen LogP contribution in [-0.4, -0.2) is 12.6 Å². The molecule has 0 saturated heterocycles. The summed E-state index contributed by atoms with van der Waals surface area (Å²) in [7, 11) is 0. The Morgan fingerprint density at radius 3 is 2.58 bits per heavy atom. The first kappa shape index (κ1) is 7.62. The molecule has 2 rings (SSSR count). The minimum atomic E-state index is 0.383. The van der Waals surface area contributed by atoms with Gasteiger partial charge < -0.3 is 10.5 Å². The highest BCUT2D eigenvalue weighted by atomic mass is 16.5. The number of ether oxygens (including phenoxy) is 1. The van der Waals surface area contributed by atoms with Gasteiger partial charge in [-0.2, -0.15) is 0 Å². The molecule has 64 valence electrons. The van der Waals surface area contributed by atoms with E-state index in [0.29, 0.717) is 12.0 Å². The van der Waals surface area contributed by atoms with Gasteiger partial charge in [-0.1, -0.05) is 18.2 Å². The average Bonchev–Trinajstić information content (AvgIpc) is 2.81. The topological polar surface area (TPSA) is 35.2 Å². The van der Waals surface area contributed by atoms with Crippen LogP contribution in [0.4, 0.5) is 0 Å². The Hall–Kier alpha value is -1.02. The fourth-order valence-electron chi connectivity index (χ4n) is 1.18. The highest BCUT2D eigenvalue weighted by molar-refractivity contribution is 5.21. The summed E-state index contributed by atoms with van der Waals surface area (Å²) >= 11 is 0. The molecule has 0 aromatic heterocycles. The molecule has 2 heteroatoms. The molecule has 1 aliphatic carbocycles. The summed E-state index contributed by atoms with van der Waals surface area (Å²) in [6.07, 6.45) is 1.12. The van der Waals surface area contributed by atoms with Gasteiger partial charge in [0.1, 0.15) is 5.75 Å². The smallest absolute Gasteiger partial charge is 0.119 e. The van der Waals surface area contributed by atoms with Crippen LogP contribution in [0.1, 0.15) is 6.42 Å². The highest BCUT2D eigenvalue weighted by Gasteiger charge is 2.33. The van der Waals surface area contributed by atoms with E-state index < -0.39 is 0 Å². The van der Waals surface area contributed by atoms with Crippen molar-refractivity contribution in [3.05, 3.63) is 30.3 Å². The molecule has 1 aromatic carbocycles. The van der Waals surface area contributed by atoms with Crippen molar-refractivity contribution < 1.29 is 4.74 Å². The zero-order valence-corrected chi connectivity index (χ0v) is 6.94. The molecule has 1 aromatic rings. The molecule has 0 heterocycles. The van der Waals surface area contributed by atoms with E-state index >= 15 is 0 Å². The van der Waals surface area contributed by atoms with Gasteiger partial charge in [-0.15, -0.1) is 0 Å². The van der Waals surface area contributed by atoms with Gasteiger partial charge in [-0.3, -0.25) is 0 Å². The zero-order chi connectivity index (χ0) is 8.39. The lowest BCUT2D eigenvalue weighted by Crippen LogP contribution is -2.08. The van der Waals surface area contributed by atoms with E-state index in [2.05, 4.69) is 0 Å². The molecule has 0 bridgehead atoms. The van der Waals surface area contributed by atoms with E-state index in [9.17, 15) is 0 Å². The molecule has 0 aliphatic heterocycles. The SMILES string of the molecule is N[C@H]1C[C@H]1COc1ccccc1. The molecule has 1 saturated carbocycles. The van der Waals surface area contributed by atoms with Gasteiger partial charge in [0.25, 0.3) is 0 Å². The fourth-order valence-corrected chi connectivity index (χ4v) is 1.18. The number of hydrogen-bond donors (Lipinski definition) is 1. The van der Waals surface area contributed by atoms with Gasteiger partial charge in [0, 0.05) is 12.0 Å². The minimum Gasteiger partial charge on any atom is -0.493 e. The molecule has 0 spiro atoms. The Balaban J connectivity index is 1.80. The van der Waals surface area contributed by atoms with E-state index in [1.54, 1.807) is 0 Å². The summed E-state index contributed by atoms with van der Waals surface area (Å²) in [6, 6.07) is 10.2. The van der Waals surface area contributed by atoms with Gasteiger partial charge in [-0.25, -0.2) is 0 Å². The van der Waals surface area contributed by atoms with Crippen molar-refractivity contribution in [2.45, 2.75) is 12.5 Å². The summed E-state index contributed by atoms with van der Waals surface area (Å²) in [5, 5.41) is 0. The van der Waals surface area contributed by atoms with Crippen molar-refractivity contribution in [3.8, 4) is 5.75 Å². The van der Waals surface area contributed by atoms with Crippen LogP contribution < -0.4 is 10.5 Å². The van der Waals surface area contributed by atoms with Crippen molar-refractivity contribution in [1.82, 2.24) is 0 Å². The lowest BCUT2D eigenvalue weighted by Gasteiger charge is -2.03. The standard InChI is InChI=1S/C10H13NO/c11-10-6-8(10)7-12-9-4-2-1-3-5-9/h1-5,8,10H,6-7,11H2/t8-,10-/m0/s1. The number of rotatable bonds is 3. The van der Waals surface area contributed by atoms with Crippen LogP contribution in [0.5, 0.6) is 5.75 Å². The molecule has 0 amide bonds. The normalized spacial score (nSPS) is 26.8. The van der Waals surface area contributed by atoms with Crippen LogP contribution in [0, 0.1) is 5.92 Å². The maximum atomic E-state index is 5.65. The molecule has 1 fully saturated rings. The largest absolute Gasteiger partial charge is 0.493 e. The second kappa shape index (κ2) is 3.15. The summed E-state index contributed by atoms with van der Waals surface area (Å²) < 4.78 is 5.52. The Kier molecular flexibility index (Phi) is 2.00. The average molecular weight is 163 g/mol. The van der Waals surface area contributed by atoms with E-state index in [4.69, 9.17) is 10.5 Å². The van der Waals surface area contributed by atoms with Gasteiger partial charge >= 0.3 is 0 Å². The third-order valence-corrected chi connectivity index (χ3v) is 2.18. The lowest BCUT2D eigenvalue weighted by atomic mass is 10.3. The van der Waals surface area contributed by atoms with Crippen LogP contribution in [0.2, 0.25) is 0 Å². The Labute approximate surface area is 72.3 Å². The van der Waals surface area contributed by atoms with Crippen molar-refractivity contribution in [3.63, 3.8) is 0 Å².